The second-order valence-electron chi connectivity index (χ2n) is 5.94. The Bertz CT molecular complexity index is 845. The van der Waals surface area contributed by atoms with Crippen LogP contribution in [0.1, 0.15) is 19.4 Å². The molecule has 124 valence electrons. The highest BCUT2D eigenvalue weighted by Gasteiger charge is 2.17. The van der Waals surface area contributed by atoms with Crippen molar-refractivity contribution in [2.24, 2.45) is 0 Å². The molecule has 1 heterocycles. The smallest absolute Gasteiger partial charge is 0.242 e. The quantitative estimate of drug-likeness (QED) is 0.715. The van der Waals surface area contributed by atoms with Crippen molar-refractivity contribution in [2.45, 2.75) is 27.3 Å². The van der Waals surface area contributed by atoms with E-state index < -0.39 is 0 Å². The molecule has 1 aromatic heterocycles. The molecule has 0 aliphatic rings. The summed E-state index contributed by atoms with van der Waals surface area (Å²) in [5, 5.41) is 0. The second kappa shape index (κ2) is 6.87. The number of likely N-dealkylation sites (N-methyl/N-ethyl adjacent to an activating group) is 1. The van der Waals surface area contributed by atoms with Crippen molar-refractivity contribution in [2.75, 3.05) is 13.1 Å². The van der Waals surface area contributed by atoms with Gasteiger partial charge in [0.1, 0.15) is 12.4 Å². The van der Waals surface area contributed by atoms with Crippen LogP contribution < -0.4 is 0 Å². The average Bonchev–Trinajstić information content (AvgIpc) is 2.95. The molecule has 2 aromatic carbocycles. The number of imidazole rings is 1. The summed E-state index contributed by atoms with van der Waals surface area (Å²) >= 11 is 0. The van der Waals surface area contributed by atoms with Crippen molar-refractivity contribution in [1.82, 2.24) is 14.5 Å². The van der Waals surface area contributed by atoms with Crippen LogP contribution in [0.5, 0.6) is 0 Å². The van der Waals surface area contributed by atoms with Gasteiger partial charge in [0, 0.05) is 18.7 Å². The third-order valence-corrected chi connectivity index (χ3v) is 4.37. The lowest BCUT2D eigenvalue weighted by atomic mass is 10.1. The van der Waals surface area contributed by atoms with Gasteiger partial charge in [0.05, 0.1) is 11.0 Å². The zero-order valence-corrected chi connectivity index (χ0v) is 14.5. The third kappa shape index (κ3) is 3.04. The van der Waals surface area contributed by atoms with Gasteiger partial charge in [0.2, 0.25) is 5.91 Å². The van der Waals surface area contributed by atoms with E-state index in [9.17, 15) is 4.79 Å². The van der Waals surface area contributed by atoms with Gasteiger partial charge in [-0.15, -0.1) is 0 Å². The molecule has 0 N–H and O–H groups in total. The summed E-state index contributed by atoms with van der Waals surface area (Å²) in [5.41, 5.74) is 4.15. The van der Waals surface area contributed by atoms with Crippen molar-refractivity contribution in [3.8, 4) is 11.4 Å². The van der Waals surface area contributed by atoms with Gasteiger partial charge in [-0.3, -0.25) is 4.79 Å². The zero-order valence-electron chi connectivity index (χ0n) is 14.5. The molecule has 0 saturated heterocycles. The monoisotopic (exact) mass is 321 g/mol. The third-order valence-electron chi connectivity index (χ3n) is 4.37. The summed E-state index contributed by atoms with van der Waals surface area (Å²) < 4.78 is 2.03. The predicted molar refractivity (Wildman–Crippen MR) is 97.8 cm³/mol. The number of carbonyl (C=O) groups is 1. The standard InChI is InChI=1S/C20H23N3O/c1-4-22(5-2)19(24)14-23-18-9-7-6-8-17(18)21-20(23)16-12-10-15(3)11-13-16/h6-13H,4-5,14H2,1-3H3. The molecule has 0 spiro atoms. The molecule has 3 rings (SSSR count). The summed E-state index contributed by atoms with van der Waals surface area (Å²) in [4.78, 5) is 19.3. The van der Waals surface area contributed by atoms with E-state index >= 15 is 0 Å². The number of rotatable bonds is 5. The first kappa shape index (κ1) is 16.2. The van der Waals surface area contributed by atoms with Crippen LogP contribution in [0.2, 0.25) is 0 Å². The molecule has 3 aromatic rings. The van der Waals surface area contributed by atoms with Crippen LogP contribution in [0.4, 0.5) is 0 Å². The molecule has 24 heavy (non-hydrogen) atoms. The fourth-order valence-electron chi connectivity index (χ4n) is 2.97. The van der Waals surface area contributed by atoms with Crippen molar-refractivity contribution < 1.29 is 4.79 Å². The van der Waals surface area contributed by atoms with Crippen LogP contribution in [0.15, 0.2) is 48.5 Å². The van der Waals surface area contributed by atoms with Crippen molar-refractivity contribution in [3.63, 3.8) is 0 Å². The van der Waals surface area contributed by atoms with Crippen molar-refractivity contribution >= 4 is 16.9 Å². The van der Waals surface area contributed by atoms with Gasteiger partial charge < -0.3 is 9.47 Å². The highest BCUT2D eigenvalue weighted by Crippen LogP contribution is 2.25. The molecule has 4 heteroatoms. The fraction of sp³-hybridized carbons (Fsp3) is 0.300. The van der Waals surface area contributed by atoms with Gasteiger partial charge in [0.15, 0.2) is 0 Å². The highest BCUT2D eigenvalue weighted by atomic mass is 16.2. The largest absolute Gasteiger partial charge is 0.342 e. The van der Waals surface area contributed by atoms with E-state index in [0.29, 0.717) is 6.54 Å². The van der Waals surface area contributed by atoms with E-state index in [1.807, 2.05) is 47.6 Å². The Morgan fingerprint density at radius 3 is 2.38 bits per heavy atom. The summed E-state index contributed by atoms with van der Waals surface area (Å²) in [6.45, 7) is 7.84. The first-order valence-electron chi connectivity index (χ1n) is 8.44. The summed E-state index contributed by atoms with van der Waals surface area (Å²) in [7, 11) is 0. The highest BCUT2D eigenvalue weighted by molar-refractivity contribution is 5.84. The summed E-state index contributed by atoms with van der Waals surface area (Å²) in [6.07, 6.45) is 0. The van der Waals surface area contributed by atoms with Gasteiger partial charge >= 0.3 is 0 Å². The van der Waals surface area contributed by atoms with Gasteiger partial charge in [-0.2, -0.15) is 0 Å². The van der Waals surface area contributed by atoms with E-state index in [2.05, 4.69) is 31.2 Å². The second-order valence-corrected chi connectivity index (χ2v) is 5.94. The average molecular weight is 321 g/mol. The minimum absolute atomic E-state index is 0.122. The maximum atomic E-state index is 12.6. The molecule has 0 bridgehead atoms. The number of hydrogen-bond donors (Lipinski definition) is 0. The van der Waals surface area contributed by atoms with Gasteiger partial charge in [-0.25, -0.2) is 4.98 Å². The number of para-hydroxylation sites is 2. The number of benzene rings is 2. The predicted octanol–water partition coefficient (Wildman–Crippen LogP) is 3.88. The number of aromatic nitrogens is 2. The number of nitrogens with zero attached hydrogens (tertiary/aromatic N) is 3. The molecular formula is C20H23N3O. The Labute approximate surface area is 142 Å². The van der Waals surface area contributed by atoms with Crippen LogP contribution in [-0.4, -0.2) is 33.4 Å². The summed E-state index contributed by atoms with van der Waals surface area (Å²) in [5.74, 6) is 0.966. The molecule has 0 fully saturated rings. The molecular weight excluding hydrogens is 298 g/mol. The number of aryl methyl sites for hydroxylation is 1. The Morgan fingerprint density at radius 2 is 1.71 bits per heavy atom. The normalized spacial score (nSPS) is 11.0. The van der Waals surface area contributed by atoms with Crippen molar-refractivity contribution in [1.29, 1.82) is 0 Å². The maximum absolute atomic E-state index is 12.6. The number of fused-ring (bicyclic) bond motifs is 1. The Morgan fingerprint density at radius 1 is 1.04 bits per heavy atom. The molecule has 0 saturated carbocycles. The van der Waals surface area contributed by atoms with Crippen LogP contribution in [0.3, 0.4) is 0 Å². The molecule has 0 atom stereocenters. The zero-order chi connectivity index (χ0) is 17.1. The lowest BCUT2D eigenvalue weighted by Crippen LogP contribution is -2.33. The molecule has 1 amide bonds. The first-order valence-corrected chi connectivity index (χ1v) is 8.44. The molecule has 0 aliphatic heterocycles. The molecule has 4 nitrogen and oxygen atoms in total. The minimum atomic E-state index is 0.122. The molecule has 0 unspecified atom stereocenters. The van der Waals surface area contributed by atoms with E-state index in [1.54, 1.807) is 0 Å². The SMILES string of the molecule is CCN(CC)C(=O)Cn1c(-c2ccc(C)cc2)nc2ccccc21. The van der Waals surface area contributed by atoms with Gasteiger partial charge in [-0.1, -0.05) is 42.0 Å². The van der Waals surface area contributed by atoms with Crippen molar-refractivity contribution in [3.05, 3.63) is 54.1 Å². The van der Waals surface area contributed by atoms with E-state index in [-0.39, 0.29) is 5.91 Å². The Hall–Kier alpha value is -2.62. The number of amides is 1. The lowest BCUT2D eigenvalue weighted by molar-refractivity contribution is -0.131. The topological polar surface area (TPSA) is 38.1 Å². The van der Waals surface area contributed by atoms with Crippen LogP contribution in [-0.2, 0) is 11.3 Å². The maximum Gasteiger partial charge on any atom is 0.242 e. The van der Waals surface area contributed by atoms with E-state index in [1.165, 1.54) is 5.56 Å². The molecule has 0 aliphatic carbocycles. The van der Waals surface area contributed by atoms with E-state index in [0.717, 1.165) is 35.5 Å². The fourth-order valence-corrected chi connectivity index (χ4v) is 2.97. The Kier molecular flexibility index (Phi) is 4.65. The lowest BCUT2D eigenvalue weighted by Gasteiger charge is -2.20. The van der Waals surface area contributed by atoms with Gasteiger partial charge in [-0.05, 0) is 32.9 Å². The summed E-state index contributed by atoms with van der Waals surface area (Å²) in [6, 6.07) is 16.3. The number of hydrogen-bond acceptors (Lipinski definition) is 2. The first-order chi connectivity index (χ1) is 11.6. The van der Waals surface area contributed by atoms with Crippen LogP contribution >= 0.6 is 0 Å². The number of carbonyl (C=O) groups excluding carboxylic acids is 1. The van der Waals surface area contributed by atoms with Crippen LogP contribution in [0, 0.1) is 6.92 Å². The minimum Gasteiger partial charge on any atom is -0.342 e. The van der Waals surface area contributed by atoms with Gasteiger partial charge in [0.25, 0.3) is 0 Å². The Balaban J connectivity index is 2.08. The van der Waals surface area contributed by atoms with Crippen LogP contribution in [0.25, 0.3) is 22.4 Å². The van der Waals surface area contributed by atoms with E-state index in [4.69, 9.17) is 4.98 Å². The molecule has 0 radical (unpaired) electrons.